The van der Waals surface area contributed by atoms with Gasteiger partial charge in [0.2, 0.25) is 10.0 Å². The van der Waals surface area contributed by atoms with Gasteiger partial charge in [-0.25, -0.2) is 13.1 Å². The molecule has 3 aromatic rings. The molecule has 0 aliphatic rings. The van der Waals surface area contributed by atoms with E-state index in [4.69, 9.17) is 0 Å². The Labute approximate surface area is 129 Å². The van der Waals surface area contributed by atoms with Crippen LogP contribution in [0.5, 0.6) is 0 Å². The van der Waals surface area contributed by atoms with Crippen molar-refractivity contribution in [2.75, 3.05) is 0 Å². The lowest BCUT2D eigenvalue weighted by molar-refractivity contribution is 0.581. The van der Waals surface area contributed by atoms with E-state index in [1.54, 1.807) is 30.6 Å². The Morgan fingerprint density at radius 3 is 2.64 bits per heavy atom. The first-order valence-corrected chi connectivity index (χ1v) is 8.42. The lowest BCUT2D eigenvalue weighted by Crippen LogP contribution is -2.23. The molecule has 0 radical (unpaired) electrons. The minimum atomic E-state index is -3.54. The molecule has 0 aliphatic carbocycles. The third kappa shape index (κ3) is 3.16. The van der Waals surface area contributed by atoms with Gasteiger partial charge in [-0.3, -0.25) is 4.98 Å². The molecule has 0 amide bonds. The summed E-state index contributed by atoms with van der Waals surface area (Å²) >= 11 is 0. The summed E-state index contributed by atoms with van der Waals surface area (Å²) < 4.78 is 27.4. The maximum atomic E-state index is 12.4. The summed E-state index contributed by atoms with van der Waals surface area (Å²) in [6, 6.07) is 14.8. The normalized spacial score (nSPS) is 11.7. The molecule has 5 heteroatoms. The van der Waals surface area contributed by atoms with Crippen LogP contribution in [0.4, 0.5) is 0 Å². The molecule has 0 aliphatic heterocycles. The maximum Gasteiger partial charge on any atom is 0.240 e. The lowest BCUT2D eigenvalue weighted by Gasteiger charge is -2.08. The van der Waals surface area contributed by atoms with Gasteiger partial charge in [-0.1, -0.05) is 35.9 Å². The van der Waals surface area contributed by atoms with Crippen molar-refractivity contribution in [2.45, 2.75) is 18.4 Å². The van der Waals surface area contributed by atoms with Gasteiger partial charge >= 0.3 is 0 Å². The van der Waals surface area contributed by atoms with Gasteiger partial charge in [0.05, 0.1) is 4.90 Å². The Morgan fingerprint density at radius 2 is 1.86 bits per heavy atom. The summed E-state index contributed by atoms with van der Waals surface area (Å²) in [6.45, 7) is 2.21. The summed E-state index contributed by atoms with van der Waals surface area (Å²) in [4.78, 5) is 4.25. The number of hydrogen-bond acceptors (Lipinski definition) is 3. The number of fused-ring (bicyclic) bond motifs is 1. The third-order valence-electron chi connectivity index (χ3n) is 3.47. The van der Waals surface area contributed by atoms with Crippen LogP contribution < -0.4 is 4.72 Å². The fourth-order valence-electron chi connectivity index (χ4n) is 2.28. The Morgan fingerprint density at radius 1 is 1.05 bits per heavy atom. The van der Waals surface area contributed by atoms with Gasteiger partial charge in [0, 0.05) is 18.9 Å². The van der Waals surface area contributed by atoms with E-state index in [-0.39, 0.29) is 11.4 Å². The highest BCUT2D eigenvalue weighted by Crippen LogP contribution is 2.20. The second-order valence-corrected chi connectivity index (χ2v) is 6.97. The molecule has 0 spiro atoms. The molecule has 3 rings (SSSR count). The van der Waals surface area contributed by atoms with Crippen LogP contribution in [0.25, 0.3) is 10.8 Å². The molecule has 1 heterocycles. The Bertz CT molecular complexity index is 906. The van der Waals surface area contributed by atoms with E-state index in [0.29, 0.717) is 0 Å². The van der Waals surface area contributed by atoms with Crippen LogP contribution in [0.15, 0.2) is 65.8 Å². The summed E-state index contributed by atoms with van der Waals surface area (Å²) in [5, 5.41) is 1.95. The number of rotatable bonds is 4. The topological polar surface area (TPSA) is 59.1 Å². The van der Waals surface area contributed by atoms with E-state index in [2.05, 4.69) is 9.71 Å². The second kappa shape index (κ2) is 5.87. The highest BCUT2D eigenvalue weighted by Gasteiger charge is 2.14. The first-order chi connectivity index (χ1) is 10.5. The van der Waals surface area contributed by atoms with Gasteiger partial charge in [0.1, 0.15) is 0 Å². The van der Waals surface area contributed by atoms with E-state index in [1.165, 1.54) is 0 Å². The van der Waals surface area contributed by atoms with Crippen LogP contribution in [0, 0.1) is 6.92 Å². The van der Waals surface area contributed by atoms with Gasteiger partial charge in [0.15, 0.2) is 0 Å². The molecule has 0 unspecified atom stereocenters. The molecule has 0 saturated carbocycles. The molecule has 0 bridgehead atoms. The number of pyridine rings is 1. The van der Waals surface area contributed by atoms with Crippen molar-refractivity contribution in [1.29, 1.82) is 0 Å². The van der Waals surface area contributed by atoms with Gasteiger partial charge in [-0.05, 0) is 41.5 Å². The predicted molar refractivity (Wildman–Crippen MR) is 86.9 cm³/mol. The number of nitrogens with zero attached hydrogens (tertiary/aromatic N) is 1. The summed E-state index contributed by atoms with van der Waals surface area (Å²) in [5.41, 5.74) is 1.92. The van der Waals surface area contributed by atoms with Crippen molar-refractivity contribution < 1.29 is 8.42 Å². The van der Waals surface area contributed by atoms with Crippen molar-refractivity contribution in [3.8, 4) is 0 Å². The fraction of sp³-hybridized carbons (Fsp3) is 0.118. The van der Waals surface area contributed by atoms with Crippen molar-refractivity contribution in [3.63, 3.8) is 0 Å². The van der Waals surface area contributed by atoms with Crippen LogP contribution in [-0.2, 0) is 16.6 Å². The Balaban J connectivity index is 1.88. The molecular weight excluding hydrogens is 296 g/mol. The van der Waals surface area contributed by atoms with Crippen LogP contribution in [-0.4, -0.2) is 13.4 Å². The SMILES string of the molecule is Cc1ccc2ccc(S(=O)(=O)NCc3cccnc3)cc2c1. The van der Waals surface area contributed by atoms with E-state index in [1.807, 2.05) is 37.3 Å². The quantitative estimate of drug-likeness (QED) is 0.805. The molecule has 112 valence electrons. The minimum Gasteiger partial charge on any atom is -0.264 e. The Hall–Kier alpha value is -2.24. The summed E-state index contributed by atoms with van der Waals surface area (Å²) in [7, 11) is -3.54. The highest BCUT2D eigenvalue weighted by molar-refractivity contribution is 7.89. The lowest BCUT2D eigenvalue weighted by atomic mass is 10.1. The average Bonchev–Trinajstić information content (AvgIpc) is 2.53. The van der Waals surface area contributed by atoms with Crippen molar-refractivity contribution in [1.82, 2.24) is 9.71 Å². The predicted octanol–water partition coefficient (Wildman–Crippen LogP) is 3.02. The van der Waals surface area contributed by atoms with Crippen LogP contribution in [0.1, 0.15) is 11.1 Å². The second-order valence-electron chi connectivity index (χ2n) is 5.20. The van der Waals surface area contributed by atoms with Crippen LogP contribution in [0.2, 0.25) is 0 Å². The first-order valence-electron chi connectivity index (χ1n) is 6.94. The molecule has 2 aromatic carbocycles. The number of hydrogen-bond donors (Lipinski definition) is 1. The zero-order valence-corrected chi connectivity index (χ0v) is 13.0. The minimum absolute atomic E-state index is 0.224. The summed E-state index contributed by atoms with van der Waals surface area (Å²) in [6.07, 6.45) is 3.30. The first kappa shape index (κ1) is 14.7. The number of aromatic nitrogens is 1. The van der Waals surface area contributed by atoms with E-state index in [0.717, 1.165) is 21.9 Å². The monoisotopic (exact) mass is 312 g/mol. The van der Waals surface area contributed by atoms with Gasteiger partial charge in [-0.2, -0.15) is 0 Å². The standard InChI is InChI=1S/C17H16N2O2S/c1-13-4-5-15-6-7-17(10-16(15)9-13)22(20,21)19-12-14-3-2-8-18-11-14/h2-11,19H,12H2,1H3. The van der Waals surface area contributed by atoms with E-state index >= 15 is 0 Å². The molecule has 22 heavy (non-hydrogen) atoms. The molecule has 0 saturated heterocycles. The van der Waals surface area contributed by atoms with Crippen molar-refractivity contribution in [2.24, 2.45) is 0 Å². The summed E-state index contributed by atoms with van der Waals surface area (Å²) in [5.74, 6) is 0. The van der Waals surface area contributed by atoms with Gasteiger partial charge in [-0.15, -0.1) is 0 Å². The number of benzene rings is 2. The zero-order chi connectivity index (χ0) is 15.6. The molecule has 0 atom stereocenters. The average molecular weight is 312 g/mol. The molecule has 1 N–H and O–H groups in total. The maximum absolute atomic E-state index is 12.4. The largest absolute Gasteiger partial charge is 0.264 e. The number of nitrogens with one attached hydrogen (secondary N) is 1. The van der Waals surface area contributed by atoms with Crippen molar-refractivity contribution >= 4 is 20.8 Å². The van der Waals surface area contributed by atoms with Crippen molar-refractivity contribution in [3.05, 3.63) is 72.1 Å². The third-order valence-corrected chi connectivity index (χ3v) is 4.87. The zero-order valence-electron chi connectivity index (χ0n) is 12.2. The number of aryl methyl sites for hydroxylation is 1. The van der Waals surface area contributed by atoms with Gasteiger partial charge in [0.25, 0.3) is 0 Å². The van der Waals surface area contributed by atoms with Crippen LogP contribution >= 0.6 is 0 Å². The molecule has 1 aromatic heterocycles. The van der Waals surface area contributed by atoms with E-state index in [9.17, 15) is 8.42 Å². The van der Waals surface area contributed by atoms with Gasteiger partial charge < -0.3 is 0 Å². The number of sulfonamides is 1. The Kier molecular flexibility index (Phi) is 3.92. The molecule has 0 fully saturated rings. The molecular formula is C17H16N2O2S. The smallest absolute Gasteiger partial charge is 0.240 e. The molecule has 4 nitrogen and oxygen atoms in total. The van der Waals surface area contributed by atoms with Crippen LogP contribution in [0.3, 0.4) is 0 Å². The fourth-order valence-corrected chi connectivity index (χ4v) is 3.33. The van der Waals surface area contributed by atoms with E-state index < -0.39 is 10.0 Å². The highest BCUT2D eigenvalue weighted by atomic mass is 32.2.